The summed E-state index contributed by atoms with van der Waals surface area (Å²) in [6.07, 6.45) is 2.23. The van der Waals surface area contributed by atoms with Crippen molar-refractivity contribution >= 4 is 21.8 Å². The fraction of sp³-hybridized carbons (Fsp3) is 0.438. The first-order valence-corrected chi connectivity index (χ1v) is 9.41. The number of carbonyl (C=O) groups is 1. The summed E-state index contributed by atoms with van der Waals surface area (Å²) in [7, 11) is -3.01. The first kappa shape index (κ1) is 15.9. The molecule has 1 amide bonds. The lowest BCUT2D eigenvalue weighted by Crippen LogP contribution is -2.38. The van der Waals surface area contributed by atoms with Gasteiger partial charge in [0.15, 0.2) is 21.3 Å². The fourth-order valence-electron chi connectivity index (χ4n) is 2.77. The Morgan fingerprint density at radius 2 is 2.26 bits per heavy atom. The molecule has 124 valence electrons. The Morgan fingerprint density at radius 1 is 1.43 bits per heavy atom. The van der Waals surface area contributed by atoms with Crippen molar-refractivity contribution in [3.05, 3.63) is 29.3 Å². The van der Waals surface area contributed by atoms with Crippen LogP contribution in [0.3, 0.4) is 0 Å². The molecular weight excluding hydrogens is 318 g/mol. The van der Waals surface area contributed by atoms with Crippen LogP contribution in [0.15, 0.2) is 23.8 Å². The standard InChI is InChI=1S/C16H19NO5S/c1-2-21-14-5-3-4-11-8-12(9-22-15(11)14)16(18)17-13-6-7-23(19,20)10-13/h3-5,8,13H,2,6-7,9-10H2,1H3,(H,17,18)/t13-/m1/s1. The fourth-order valence-corrected chi connectivity index (χ4v) is 4.44. The first-order valence-electron chi connectivity index (χ1n) is 7.59. The highest BCUT2D eigenvalue weighted by atomic mass is 32.2. The Balaban J connectivity index is 1.74. The molecule has 1 fully saturated rings. The van der Waals surface area contributed by atoms with Crippen LogP contribution in [0.2, 0.25) is 0 Å². The zero-order valence-electron chi connectivity index (χ0n) is 12.9. The molecule has 0 aliphatic carbocycles. The van der Waals surface area contributed by atoms with Crippen molar-refractivity contribution in [2.45, 2.75) is 19.4 Å². The van der Waals surface area contributed by atoms with Crippen LogP contribution in [0, 0.1) is 0 Å². The lowest BCUT2D eigenvalue weighted by molar-refractivity contribution is -0.118. The van der Waals surface area contributed by atoms with Crippen molar-refractivity contribution in [3.8, 4) is 11.5 Å². The summed E-state index contributed by atoms with van der Waals surface area (Å²) in [5.74, 6) is 1.16. The van der Waals surface area contributed by atoms with E-state index in [-0.39, 0.29) is 30.1 Å². The van der Waals surface area contributed by atoms with E-state index in [1.807, 2.05) is 25.1 Å². The minimum Gasteiger partial charge on any atom is -0.490 e. The molecular formula is C16H19NO5S. The molecule has 0 unspecified atom stereocenters. The number of hydrogen-bond acceptors (Lipinski definition) is 5. The van der Waals surface area contributed by atoms with Crippen molar-refractivity contribution in [1.29, 1.82) is 0 Å². The van der Waals surface area contributed by atoms with Gasteiger partial charge in [0, 0.05) is 11.6 Å². The van der Waals surface area contributed by atoms with Crippen LogP contribution in [0.5, 0.6) is 11.5 Å². The largest absolute Gasteiger partial charge is 0.490 e. The van der Waals surface area contributed by atoms with E-state index in [1.165, 1.54) is 0 Å². The molecule has 2 heterocycles. The number of carbonyl (C=O) groups excluding carboxylic acids is 1. The Hall–Kier alpha value is -2.02. The summed E-state index contributed by atoms with van der Waals surface area (Å²) in [5.41, 5.74) is 1.27. The molecule has 7 heteroatoms. The summed E-state index contributed by atoms with van der Waals surface area (Å²) in [4.78, 5) is 12.3. The Morgan fingerprint density at radius 3 is 2.96 bits per heavy atom. The van der Waals surface area contributed by atoms with E-state index in [2.05, 4.69) is 5.32 Å². The highest BCUT2D eigenvalue weighted by Gasteiger charge is 2.30. The van der Waals surface area contributed by atoms with Gasteiger partial charge in [-0.25, -0.2) is 8.42 Å². The molecule has 2 aliphatic rings. The van der Waals surface area contributed by atoms with E-state index < -0.39 is 9.84 Å². The molecule has 0 saturated carbocycles. The van der Waals surface area contributed by atoms with Gasteiger partial charge in [0.05, 0.1) is 23.7 Å². The highest BCUT2D eigenvalue weighted by molar-refractivity contribution is 7.91. The van der Waals surface area contributed by atoms with Gasteiger partial charge < -0.3 is 14.8 Å². The first-order chi connectivity index (χ1) is 11.0. The number of ether oxygens (including phenoxy) is 2. The van der Waals surface area contributed by atoms with Crippen LogP contribution in [0.25, 0.3) is 6.08 Å². The molecule has 0 radical (unpaired) electrons. The van der Waals surface area contributed by atoms with Gasteiger partial charge in [-0.3, -0.25) is 4.79 Å². The third kappa shape index (κ3) is 3.50. The van der Waals surface area contributed by atoms with Gasteiger partial charge in [-0.1, -0.05) is 12.1 Å². The molecule has 0 aromatic heterocycles. The van der Waals surface area contributed by atoms with E-state index >= 15 is 0 Å². The minimum atomic E-state index is -3.01. The van der Waals surface area contributed by atoms with Crippen molar-refractivity contribution in [1.82, 2.24) is 5.32 Å². The van der Waals surface area contributed by atoms with Crippen molar-refractivity contribution < 1.29 is 22.7 Å². The van der Waals surface area contributed by atoms with Gasteiger partial charge in [0.1, 0.15) is 6.61 Å². The number of fused-ring (bicyclic) bond motifs is 1. The third-order valence-corrected chi connectivity index (χ3v) is 5.64. The predicted molar refractivity (Wildman–Crippen MR) is 86.3 cm³/mol. The Labute approximate surface area is 135 Å². The van der Waals surface area contributed by atoms with Crippen LogP contribution >= 0.6 is 0 Å². The number of para-hydroxylation sites is 1. The molecule has 3 rings (SSSR count). The summed E-state index contributed by atoms with van der Waals surface area (Å²) in [5, 5.41) is 2.78. The lowest BCUT2D eigenvalue weighted by atomic mass is 10.1. The maximum Gasteiger partial charge on any atom is 0.250 e. The van der Waals surface area contributed by atoms with Crippen molar-refractivity contribution in [3.63, 3.8) is 0 Å². The minimum absolute atomic E-state index is 0.0119. The maximum absolute atomic E-state index is 12.3. The van der Waals surface area contributed by atoms with Crippen LogP contribution < -0.4 is 14.8 Å². The molecule has 1 atom stereocenters. The Kier molecular flexibility index (Phi) is 4.30. The number of benzene rings is 1. The molecule has 1 saturated heterocycles. The van der Waals surface area contributed by atoms with E-state index in [9.17, 15) is 13.2 Å². The zero-order valence-corrected chi connectivity index (χ0v) is 13.7. The third-order valence-electron chi connectivity index (χ3n) is 3.87. The van der Waals surface area contributed by atoms with Crippen LogP contribution in [-0.2, 0) is 14.6 Å². The van der Waals surface area contributed by atoms with Gasteiger partial charge in [0.2, 0.25) is 0 Å². The predicted octanol–water partition coefficient (Wildman–Crippen LogP) is 1.16. The average molecular weight is 337 g/mol. The summed E-state index contributed by atoms with van der Waals surface area (Å²) >= 11 is 0. The van der Waals surface area contributed by atoms with Crippen LogP contribution in [-0.4, -0.2) is 45.1 Å². The number of nitrogens with one attached hydrogen (secondary N) is 1. The molecule has 1 aromatic carbocycles. The quantitative estimate of drug-likeness (QED) is 0.892. The number of hydrogen-bond donors (Lipinski definition) is 1. The topological polar surface area (TPSA) is 81.7 Å². The smallest absolute Gasteiger partial charge is 0.250 e. The molecule has 6 nitrogen and oxygen atoms in total. The van der Waals surface area contributed by atoms with Gasteiger partial charge in [-0.15, -0.1) is 0 Å². The molecule has 23 heavy (non-hydrogen) atoms. The number of rotatable bonds is 4. The van der Waals surface area contributed by atoms with E-state index in [1.54, 1.807) is 6.08 Å². The van der Waals surface area contributed by atoms with Gasteiger partial charge in [0.25, 0.3) is 5.91 Å². The molecule has 2 aliphatic heterocycles. The van der Waals surface area contributed by atoms with Crippen LogP contribution in [0.4, 0.5) is 0 Å². The summed E-state index contributed by atoms with van der Waals surface area (Å²) < 4.78 is 34.1. The second-order valence-electron chi connectivity index (χ2n) is 5.64. The maximum atomic E-state index is 12.3. The highest BCUT2D eigenvalue weighted by Crippen LogP contribution is 2.35. The number of sulfone groups is 1. The molecule has 1 aromatic rings. The van der Waals surface area contributed by atoms with Gasteiger partial charge in [-0.05, 0) is 25.5 Å². The molecule has 0 spiro atoms. The SMILES string of the molecule is CCOc1cccc2c1OCC(C(=O)N[C@@H]1CCS(=O)(=O)C1)=C2. The van der Waals surface area contributed by atoms with E-state index in [0.29, 0.717) is 30.1 Å². The second kappa shape index (κ2) is 6.23. The monoisotopic (exact) mass is 337 g/mol. The summed E-state index contributed by atoms with van der Waals surface area (Å²) in [6, 6.07) is 5.20. The molecule has 0 bridgehead atoms. The van der Waals surface area contributed by atoms with E-state index in [4.69, 9.17) is 9.47 Å². The van der Waals surface area contributed by atoms with E-state index in [0.717, 1.165) is 5.56 Å². The Bertz CT molecular complexity index is 754. The summed E-state index contributed by atoms with van der Waals surface area (Å²) in [6.45, 7) is 2.57. The van der Waals surface area contributed by atoms with Crippen LogP contribution in [0.1, 0.15) is 18.9 Å². The van der Waals surface area contributed by atoms with Crippen molar-refractivity contribution in [2.75, 3.05) is 24.7 Å². The van der Waals surface area contributed by atoms with Gasteiger partial charge in [-0.2, -0.15) is 0 Å². The van der Waals surface area contributed by atoms with Crippen molar-refractivity contribution in [2.24, 2.45) is 0 Å². The second-order valence-corrected chi connectivity index (χ2v) is 7.87. The number of amides is 1. The zero-order chi connectivity index (χ0) is 16.4. The molecule has 1 N–H and O–H groups in total. The normalized spacial score (nSPS) is 21.8. The average Bonchev–Trinajstić information content (AvgIpc) is 2.86. The lowest BCUT2D eigenvalue weighted by Gasteiger charge is -2.21. The van der Waals surface area contributed by atoms with Gasteiger partial charge >= 0.3 is 0 Å².